The average molecular weight is 436 g/mol. The summed E-state index contributed by atoms with van der Waals surface area (Å²) >= 11 is 12.9. The summed E-state index contributed by atoms with van der Waals surface area (Å²) < 4.78 is 0. The number of carbonyl (C=O) groups is 3. The molecule has 1 atom stereocenters. The van der Waals surface area contributed by atoms with E-state index in [1.165, 1.54) is 0 Å². The van der Waals surface area contributed by atoms with E-state index < -0.39 is 11.2 Å². The van der Waals surface area contributed by atoms with E-state index in [1.807, 2.05) is 6.92 Å². The Morgan fingerprint density at radius 2 is 1.96 bits per heavy atom. The lowest BCUT2D eigenvalue weighted by Crippen LogP contribution is -2.28. The Hall–Kier alpha value is -2.35. The molecule has 2 aromatic rings. The van der Waals surface area contributed by atoms with Gasteiger partial charge in [0.25, 0.3) is 5.91 Å². The molecule has 6 nitrogen and oxygen atoms in total. The first-order valence-corrected chi connectivity index (χ1v) is 9.88. The Bertz CT molecular complexity index is 994. The van der Waals surface area contributed by atoms with Crippen molar-refractivity contribution in [3.8, 4) is 0 Å². The van der Waals surface area contributed by atoms with Crippen molar-refractivity contribution in [1.29, 1.82) is 0 Å². The monoisotopic (exact) mass is 435 g/mol. The van der Waals surface area contributed by atoms with Crippen LogP contribution in [0.4, 0.5) is 5.69 Å². The van der Waals surface area contributed by atoms with Crippen LogP contribution in [0, 0.1) is 6.92 Å². The number of amidine groups is 1. The van der Waals surface area contributed by atoms with Crippen molar-refractivity contribution in [1.82, 2.24) is 5.32 Å². The van der Waals surface area contributed by atoms with Gasteiger partial charge in [-0.2, -0.15) is 4.99 Å². The van der Waals surface area contributed by atoms with E-state index >= 15 is 0 Å². The Morgan fingerprint density at radius 3 is 2.68 bits per heavy atom. The number of amides is 3. The molecule has 0 unspecified atom stereocenters. The van der Waals surface area contributed by atoms with E-state index in [4.69, 9.17) is 23.2 Å². The molecule has 28 heavy (non-hydrogen) atoms. The fraction of sp³-hybridized carbons (Fsp3) is 0.158. The highest BCUT2D eigenvalue weighted by Crippen LogP contribution is 2.25. The lowest BCUT2D eigenvalue weighted by molar-refractivity contribution is -0.122. The summed E-state index contributed by atoms with van der Waals surface area (Å²) in [5, 5.41) is 5.61. The maximum Gasteiger partial charge on any atom is 0.280 e. The van der Waals surface area contributed by atoms with Crippen molar-refractivity contribution in [2.45, 2.75) is 18.6 Å². The van der Waals surface area contributed by atoms with E-state index in [0.29, 0.717) is 10.7 Å². The van der Waals surface area contributed by atoms with Crippen molar-refractivity contribution in [3.63, 3.8) is 0 Å². The third-order valence-electron chi connectivity index (χ3n) is 3.92. The van der Waals surface area contributed by atoms with Gasteiger partial charge in [-0.1, -0.05) is 47.1 Å². The summed E-state index contributed by atoms with van der Waals surface area (Å²) in [4.78, 5) is 40.5. The molecule has 0 bridgehead atoms. The number of hydrogen-bond donors (Lipinski definition) is 2. The zero-order valence-corrected chi connectivity index (χ0v) is 17.0. The van der Waals surface area contributed by atoms with Gasteiger partial charge in [0.05, 0.1) is 10.6 Å². The number of rotatable bonds is 4. The zero-order chi connectivity index (χ0) is 20.3. The van der Waals surface area contributed by atoms with Gasteiger partial charge in [-0.25, -0.2) is 0 Å². The van der Waals surface area contributed by atoms with Crippen LogP contribution in [-0.4, -0.2) is 28.1 Å². The molecule has 0 radical (unpaired) electrons. The Balaban J connectivity index is 1.63. The number of anilines is 1. The minimum Gasteiger partial charge on any atom is -0.326 e. The maximum atomic E-state index is 12.3. The van der Waals surface area contributed by atoms with Gasteiger partial charge in [0.1, 0.15) is 5.25 Å². The summed E-state index contributed by atoms with van der Waals surface area (Å²) in [6.45, 7) is 1.82. The van der Waals surface area contributed by atoms with Crippen LogP contribution in [0.2, 0.25) is 10.0 Å². The molecule has 2 aromatic carbocycles. The second kappa shape index (κ2) is 8.77. The van der Waals surface area contributed by atoms with Gasteiger partial charge in [-0.05, 0) is 42.8 Å². The van der Waals surface area contributed by atoms with Crippen molar-refractivity contribution in [2.75, 3.05) is 5.32 Å². The molecule has 1 heterocycles. The molecule has 0 aliphatic carbocycles. The van der Waals surface area contributed by atoms with Gasteiger partial charge < -0.3 is 10.6 Å². The van der Waals surface area contributed by atoms with Crippen molar-refractivity contribution < 1.29 is 14.4 Å². The van der Waals surface area contributed by atoms with Crippen molar-refractivity contribution >= 4 is 63.5 Å². The second-order valence-corrected chi connectivity index (χ2v) is 8.04. The first kappa shape index (κ1) is 20.4. The van der Waals surface area contributed by atoms with E-state index in [-0.39, 0.29) is 34.0 Å². The predicted molar refractivity (Wildman–Crippen MR) is 112 cm³/mol. The normalized spacial score (nSPS) is 17.5. The smallest absolute Gasteiger partial charge is 0.280 e. The third kappa shape index (κ3) is 4.92. The van der Waals surface area contributed by atoms with Crippen LogP contribution in [-0.2, 0) is 9.59 Å². The minimum atomic E-state index is -0.676. The lowest BCUT2D eigenvalue weighted by atomic mass is 10.2. The molecule has 0 aromatic heterocycles. The summed E-state index contributed by atoms with van der Waals surface area (Å²) in [6, 6.07) is 11.6. The highest BCUT2D eigenvalue weighted by atomic mass is 35.5. The predicted octanol–water partition coefficient (Wildman–Crippen LogP) is 4.06. The number of aryl methyl sites for hydroxylation is 1. The van der Waals surface area contributed by atoms with Crippen LogP contribution < -0.4 is 10.6 Å². The first-order chi connectivity index (χ1) is 13.3. The molecular weight excluding hydrogens is 421 g/mol. The number of carbonyl (C=O) groups excluding carboxylic acids is 3. The van der Waals surface area contributed by atoms with E-state index in [9.17, 15) is 14.4 Å². The number of nitrogens with zero attached hydrogens (tertiary/aromatic N) is 1. The summed E-state index contributed by atoms with van der Waals surface area (Å²) in [6.07, 6.45) is -0.0577. The van der Waals surface area contributed by atoms with E-state index in [2.05, 4.69) is 15.6 Å². The largest absolute Gasteiger partial charge is 0.326 e. The highest BCUT2D eigenvalue weighted by Gasteiger charge is 2.32. The molecular formula is C19H15Cl2N3O3S. The van der Waals surface area contributed by atoms with Crippen LogP contribution >= 0.6 is 35.0 Å². The Morgan fingerprint density at radius 1 is 1.21 bits per heavy atom. The Kier molecular flexibility index (Phi) is 6.39. The van der Waals surface area contributed by atoms with Crippen LogP contribution in [0.15, 0.2) is 47.5 Å². The quantitative estimate of drug-likeness (QED) is 0.757. The van der Waals surface area contributed by atoms with Gasteiger partial charge >= 0.3 is 0 Å². The third-order valence-corrected chi connectivity index (χ3v) is 5.56. The number of aliphatic imine (C=N–C) groups is 1. The molecule has 144 valence electrons. The van der Waals surface area contributed by atoms with Crippen molar-refractivity contribution in [2.24, 2.45) is 4.99 Å². The first-order valence-electron chi connectivity index (χ1n) is 8.24. The number of thioether (sulfide) groups is 1. The summed E-state index contributed by atoms with van der Waals surface area (Å²) in [7, 11) is 0. The molecule has 3 amide bonds. The van der Waals surface area contributed by atoms with Gasteiger partial charge in [0.15, 0.2) is 5.17 Å². The van der Waals surface area contributed by atoms with E-state index in [0.717, 1.165) is 17.3 Å². The zero-order valence-electron chi connectivity index (χ0n) is 14.7. The van der Waals surface area contributed by atoms with E-state index in [1.54, 1.807) is 42.5 Å². The van der Waals surface area contributed by atoms with Gasteiger partial charge in [-0.3, -0.25) is 14.4 Å². The minimum absolute atomic E-state index is 0.0577. The van der Waals surface area contributed by atoms with Crippen LogP contribution in [0.1, 0.15) is 22.3 Å². The number of nitrogens with one attached hydrogen (secondary N) is 2. The standard InChI is InChI=1S/C19H15Cl2N3O3S/c1-10-8-11(20)6-7-14(10)22-16(25)9-15-18(27)24-19(28-15)23-17(26)12-4-2-3-5-13(12)21/h2-8,15H,9H2,1H3,(H,22,25)(H,23,24,26,27)/t15-/m0/s1. The molecule has 1 aliphatic heterocycles. The van der Waals surface area contributed by atoms with Crippen LogP contribution in [0.3, 0.4) is 0 Å². The molecule has 2 N–H and O–H groups in total. The number of halogens is 2. The number of benzene rings is 2. The lowest BCUT2D eigenvalue weighted by Gasteiger charge is -2.10. The Labute approximate surface area is 175 Å². The molecule has 1 aliphatic rings. The topological polar surface area (TPSA) is 87.6 Å². The molecule has 1 fully saturated rings. The van der Waals surface area contributed by atoms with Crippen molar-refractivity contribution in [3.05, 3.63) is 63.6 Å². The van der Waals surface area contributed by atoms with Crippen LogP contribution in [0.25, 0.3) is 0 Å². The highest BCUT2D eigenvalue weighted by molar-refractivity contribution is 8.15. The average Bonchev–Trinajstić information content (AvgIpc) is 2.96. The molecule has 0 saturated carbocycles. The van der Waals surface area contributed by atoms with Gasteiger partial charge in [0, 0.05) is 17.1 Å². The summed E-state index contributed by atoms with van der Waals surface area (Å²) in [5.41, 5.74) is 1.68. The fourth-order valence-corrected chi connectivity index (χ4v) is 3.92. The molecule has 9 heteroatoms. The van der Waals surface area contributed by atoms with Crippen LogP contribution in [0.5, 0.6) is 0 Å². The second-order valence-electron chi connectivity index (χ2n) is 6.01. The maximum absolute atomic E-state index is 12.3. The van der Waals surface area contributed by atoms with Gasteiger partial charge in [0.2, 0.25) is 11.8 Å². The SMILES string of the molecule is Cc1cc(Cl)ccc1NC(=O)C[C@@H]1SC(=NC(=O)c2ccccc2Cl)NC1=O. The summed E-state index contributed by atoms with van der Waals surface area (Å²) in [5.74, 6) is -1.26. The molecule has 1 saturated heterocycles. The van der Waals surface area contributed by atoms with Gasteiger partial charge in [-0.15, -0.1) is 0 Å². The fourth-order valence-electron chi connectivity index (χ4n) is 2.52. The molecule has 0 spiro atoms. The molecule has 3 rings (SSSR count). The number of hydrogen-bond acceptors (Lipinski definition) is 4.